The van der Waals surface area contributed by atoms with Crippen molar-refractivity contribution in [3.05, 3.63) is 64.7 Å². The number of nitrogens with zero attached hydrogens (tertiary/aromatic N) is 4. The molecule has 3 aromatic rings. The summed E-state index contributed by atoms with van der Waals surface area (Å²) in [5, 5.41) is 15.4. The summed E-state index contributed by atoms with van der Waals surface area (Å²) in [6.45, 7) is 1.31. The molecule has 1 N–H and O–H groups in total. The van der Waals surface area contributed by atoms with Crippen molar-refractivity contribution in [2.75, 3.05) is 17.7 Å². The summed E-state index contributed by atoms with van der Waals surface area (Å²) in [5.41, 5.74) is 1.26. The number of ketones is 1. The van der Waals surface area contributed by atoms with Crippen LogP contribution in [0.25, 0.3) is 0 Å². The molecule has 31 heavy (non-hydrogen) atoms. The maximum Gasteiger partial charge on any atom is 0.234 e. The molecule has 2 heterocycles. The largest absolute Gasteiger partial charge is 0.376 e. The van der Waals surface area contributed by atoms with E-state index in [-0.39, 0.29) is 23.5 Å². The number of amides is 1. The van der Waals surface area contributed by atoms with Crippen molar-refractivity contribution in [3.63, 3.8) is 0 Å². The second-order valence-corrected chi connectivity index (χ2v) is 8.38. The molecule has 0 spiro atoms. The quantitative estimate of drug-likeness (QED) is 0.408. The molecule has 4 rings (SSSR count). The van der Waals surface area contributed by atoms with Crippen LogP contribution in [0.4, 0.5) is 5.69 Å². The first-order valence-electron chi connectivity index (χ1n) is 9.80. The summed E-state index contributed by atoms with van der Waals surface area (Å²) in [4.78, 5) is 25.5. The molecule has 0 saturated carbocycles. The van der Waals surface area contributed by atoms with Crippen molar-refractivity contribution in [1.82, 2.24) is 20.2 Å². The first-order valence-corrected chi connectivity index (χ1v) is 11.2. The van der Waals surface area contributed by atoms with E-state index >= 15 is 0 Å². The van der Waals surface area contributed by atoms with Crippen molar-refractivity contribution in [2.24, 2.45) is 0 Å². The number of carbonyl (C=O) groups excluding carboxylic acids is 2. The number of ether oxygens (including phenoxy) is 1. The molecular formula is C21H20ClN5O3S. The van der Waals surface area contributed by atoms with Gasteiger partial charge in [0, 0.05) is 22.8 Å². The zero-order valence-corrected chi connectivity index (χ0v) is 18.1. The maximum absolute atomic E-state index is 12.9. The molecule has 1 aromatic heterocycles. The molecule has 1 aliphatic rings. The highest BCUT2D eigenvalue weighted by Crippen LogP contribution is 2.25. The van der Waals surface area contributed by atoms with Crippen molar-refractivity contribution < 1.29 is 14.3 Å². The average Bonchev–Trinajstić information content (AvgIpc) is 3.46. The number of tetrazole rings is 1. The van der Waals surface area contributed by atoms with Crippen molar-refractivity contribution in [3.8, 4) is 0 Å². The molecule has 160 valence electrons. The third kappa shape index (κ3) is 5.49. The third-order valence-corrected chi connectivity index (χ3v) is 5.96. The molecule has 1 saturated heterocycles. The summed E-state index contributed by atoms with van der Waals surface area (Å²) in [6.07, 6.45) is 2.10. The number of carbonyl (C=O) groups is 2. The topological polar surface area (TPSA) is 99.0 Å². The van der Waals surface area contributed by atoms with Crippen LogP contribution in [0, 0.1) is 0 Å². The predicted molar refractivity (Wildman–Crippen MR) is 117 cm³/mol. The molecule has 1 amide bonds. The van der Waals surface area contributed by atoms with Gasteiger partial charge in [-0.2, -0.15) is 0 Å². The van der Waals surface area contributed by atoms with Gasteiger partial charge in [-0.25, -0.2) is 4.68 Å². The minimum atomic E-state index is -0.277. The van der Waals surface area contributed by atoms with Crippen molar-refractivity contribution >= 4 is 40.7 Å². The number of aromatic nitrogens is 4. The minimum Gasteiger partial charge on any atom is -0.376 e. The molecule has 1 atom stereocenters. The lowest BCUT2D eigenvalue weighted by Crippen LogP contribution is -2.19. The monoisotopic (exact) mass is 457 g/mol. The lowest BCUT2D eigenvalue weighted by molar-refractivity contribution is -0.113. The van der Waals surface area contributed by atoms with Crippen LogP contribution in [0.2, 0.25) is 5.02 Å². The second-order valence-electron chi connectivity index (χ2n) is 7.00. The highest BCUT2D eigenvalue weighted by Gasteiger charge is 2.20. The predicted octanol–water partition coefficient (Wildman–Crippen LogP) is 3.47. The standard InChI is InChI=1S/C21H20ClN5O3S/c22-15-8-9-18(17(11-15)20(29)14-5-2-1-3-6-14)23-19(28)13-31-21-24-25-26-27(21)12-16-7-4-10-30-16/h1-3,5-6,8-9,11,16H,4,7,10,12-13H2,(H,23,28)/t16-/m1/s1. The van der Waals surface area contributed by atoms with E-state index in [4.69, 9.17) is 16.3 Å². The highest BCUT2D eigenvalue weighted by atomic mass is 35.5. The molecule has 0 unspecified atom stereocenters. The minimum absolute atomic E-state index is 0.0908. The van der Waals surface area contributed by atoms with Crippen LogP contribution in [-0.4, -0.2) is 50.4 Å². The summed E-state index contributed by atoms with van der Waals surface area (Å²) in [7, 11) is 0. The van der Waals surface area contributed by atoms with Gasteiger partial charge in [-0.3, -0.25) is 9.59 Å². The molecule has 0 bridgehead atoms. The SMILES string of the molecule is O=C(CSc1nnnn1C[C@H]1CCCO1)Nc1ccc(Cl)cc1C(=O)c1ccccc1. The highest BCUT2D eigenvalue weighted by molar-refractivity contribution is 7.99. The first kappa shape index (κ1) is 21.5. The Balaban J connectivity index is 1.41. The normalized spacial score (nSPS) is 15.7. The Morgan fingerprint density at radius 3 is 2.84 bits per heavy atom. The number of rotatable bonds is 8. The Morgan fingerprint density at radius 1 is 1.23 bits per heavy atom. The fourth-order valence-corrected chi connectivity index (χ4v) is 4.13. The maximum atomic E-state index is 12.9. The number of hydrogen-bond donors (Lipinski definition) is 1. The average molecular weight is 458 g/mol. The van der Waals surface area contributed by atoms with Gasteiger partial charge in [0.2, 0.25) is 11.1 Å². The zero-order chi connectivity index (χ0) is 21.6. The van der Waals surface area contributed by atoms with Gasteiger partial charge in [0.25, 0.3) is 0 Å². The number of halogens is 1. The fraction of sp³-hybridized carbons (Fsp3) is 0.286. The molecule has 2 aromatic carbocycles. The first-order chi connectivity index (χ1) is 15.1. The van der Waals surface area contributed by atoms with E-state index in [0.717, 1.165) is 19.4 Å². The number of benzene rings is 2. The van der Waals surface area contributed by atoms with E-state index in [0.29, 0.717) is 33.5 Å². The fourth-order valence-electron chi connectivity index (χ4n) is 3.27. The van der Waals surface area contributed by atoms with Crippen LogP contribution in [-0.2, 0) is 16.1 Å². The zero-order valence-electron chi connectivity index (χ0n) is 16.5. The van der Waals surface area contributed by atoms with Gasteiger partial charge in [-0.05, 0) is 41.5 Å². The van der Waals surface area contributed by atoms with E-state index < -0.39 is 0 Å². The Bertz CT molecular complexity index is 1070. The van der Waals surface area contributed by atoms with Crippen LogP contribution in [0.5, 0.6) is 0 Å². The van der Waals surface area contributed by atoms with Gasteiger partial charge in [-0.15, -0.1) is 5.10 Å². The summed E-state index contributed by atoms with van der Waals surface area (Å²) >= 11 is 7.32. The van der Waals surface area contributed by atoms with Gasteiger partial charge < -0.3 is 10.1 Å². The summed E-state index contributed by atoms with van der Waals surface area (Å²) in [5.74, 6) is -0.402. The molecule has 1 aliphatic heterocycles. The smallest absolute Gasteiger partial charge is 0.234 e. The number of anilines is 1. The van der Waals surface area contributed by atoms with Crippen LogP contribution < -0.4 is 5.32 Å². The van der Waals surface area contributed by atoms with Crippen LogP contribution in [0.15, 0.2) is 53.7 Å². The van der Waals surface area contributed by atoms with E-state index in [9.17, 15) is 9.59 Å². The molecular weight excluding hydrogens is 438 g/mol. The number of hydrogen-bond acceptors (Lipinski definition) is 7. The van der Waals surface area contributed by atoms with Crippen molar-refractivity contribution in [1.29, 1.82) is 0 Å². The van der Waals surface area contributed by atoms with Crippen LogP contribution in [0.1, 0.15) is 28.8 Å². The van der Waals surface area contributed by atoms with E-state index in [1.54, 1.807) is 47.1 Å². The third-order valence-electron chi connectivity index (χ3n) is 4.77. The van der Waals surface area contributed by atoms with Gasteiger partial charge in [0.15, 0.2) is 5.78 Å². The lowest BCUT2D eigenvalue weighted by atomic mass is 10.0. The van der Waals surface area contributed by atoms with Crippen molar-refractivity contribution in [2.45, 2.75) is 30.6 Å². The van der Waals surface area contributed by atoms with Gasteiger partial charge >= 0.3 is 0 Å². The molecule has 0 aliphatic carbocycles. The Morgan fingerprint density at radius 2 is 2.06 bits per heavy atom. The summed E-state index contributed by atoms with van der Waals surface area (Å²) in [6, 6.07) is 13.7. The molecule has 1 fully saturated rings. The summed E-state index contributed by atoms with van der Waals surface area (Å²) < 4.78 is 7.27. The Hall–Kier alpha value is -2.75. The molecule has 10 heteroatoms. The number of thioether (sulfide) groups is 1. The van der Waals surface area contributed by atoms with Crippen LogP contribution >= 0.6 is 23.4 Å². The number of nitrogens with one attached hydrogen (secondary N) is 1. The van der Waals surface area contributed by atoms with Crippen LogP contribution in [0.3, 0.4) is 0 Å². The van der Waals surface area contributed by atoms with Gasteiger partial charge in [-0.1, -0.05) is 53.7 Å². The van der Waals surface area contributed by atoms with Gasteiger partial charge in [0.05, 0.1) is 24.1 Å². The van der Waals surface area contributed by atoms with E-state index in [1.165, 1.54) is 11.8 Å². The lowest BCUT2D eigenvalue weighted by Gasteiger charge is -2.12. The molecule has 0 radical (unpaired) electrons. The molecule has 8 nitrogen and oxygen atoms in total. The Labute approximate surface area is 188 Å². The van der Waals surface area contributed by atoms with E-state index in [2.05, 4.69) is 20.8 Å². The Kier molecular flexibility index (Phi) is 6.96. The second kappa shape index (κ2) is 10.0. The van der Waals surface area contributed by atoms with E-state index in [1.807, 2.05) is 6.07 Å². The van der Waals surface area contributed by atoms with Gasteiger partial charge in [0.1, 0.15) is 0 Å².